The Kier molecular flexibility index (Phi) is 19.5. The Morgan fingerprint density at radius 1 is 0.600 bits per heavy atom. The van der Waals surface area contributed by atoms with Crippen molar-refractivity contribution >= 4 is 11.9 Å². The van der Waals surface area contributed by atoms with Gasteiger partial charge >= 0.3 is 11.9 Å². The predicted octanol–water partition coefficient (Wildman–Crippen LogP) is 7.89. The maximum Gasteiger partial charge on any atom is 0.332 e. The average Bonchev–Trinajstić information content (AvgIpc) is 2.76. The van der Waals surface area contributed by atoms with E-state index < -0.39 is 18.5 Å². The number of hydrogen-bond donors (Lipinski definition) is 1. The van der Waals surface area contributed by atoms with Gasteiger partial charge in [-0.25, -0.2) is 9.59 Å². The van der Waals surface area contributed by atoms with Crippen molar-refractivity contribution in [1.82, 2.24) is 0 Å². The van der Waals surface area contributed by atoms with Crippen molar-refractivity contribution < 1.29 is 24.2 Å². The van der Waals surface area contributed by atoms with Crippen LogP contribution in [0.1, 0.15) is 99.3 Å². The molecule has 35 heavy (non-hydrogen) atoms. The lowest BCUT2D eigenvalue weighted by Gasteiger charge is -2.05. The third-order valence-corrected chi connectivity index (χ3v) is 5.51. The van der Waals surface area contributed by atoms with Crippen LogP contribution in [0.15, 0.2) is 58.2 Å². The largest absolute Gasteiger partial charge is 0.480 e. The van der Waals surface area contributed by atoms with Crippen molar-refractivity contribution in [2.75, 3.05) is 19.8 Å². The normalized spacial score (nSPS) is 13.1. The van der Waals surface area contributed by atoms with Crippen LogP contribution in [-0.2, 0) is 19.1 Å². The van der Waals surface area contributed by atoms with Gasteiger partial charge in [-0.05, 0) is 92.9 Å². The monoisotopic (exact) mass is 488 g/mol. The summed E-state index contributed by atoms with van der Waals surface area (Å²) in [5.41, 5.74) is 6.93. The second-order valence-electron chi connectivity index (χ2n) is 9.53. The van der Waals surface area contributed by atoms with E-state index in [4.69, 9.17) is 14.6 Å². The number of ether oxygens (including phenoxy) is 2. The first kappa shape index (κ1) is 32.6. The van der Waals surface area contributed by atoms with Gasteiger partial charge in [-0.3, -0.25) is 0 Å². The van der Waals surface area contributed by atoms with Crippen LogP contribution in [0.4, 0.5) is 0 Å². The SMILES string of the molecule is CC(C)=CCC/C(C)=C/CC/C(C)=C/CC/C=C(\C)CC/C=C(\C)CCOC(=O)COCC(=O)O. The van der Waals surface area contributed by atoms with Gasteiger partial charge in [0, 0.05) is 6.42 Å². The highest BCUT2D eigenvalue weighted by Gasteiger charge is 2.05. The lowest BCUT2D eigenvalue weighted by Crippen LogP contribution is -2.17. The summed E-state index contributed by atoms with van der Waals surface area (Å²) in [7, 11) is 0. The number of unbranched alkanes of at least 4 members (excludes halogenated alkanes) is 1. The van der Waals surface area contributed by atoms with Crippen LogP contribution in [0, 0.1) is 0 Å². The van der Waals surface area contributed by atoms with Gasteiger partial charge in [0.1, 0.15) is 13.2 Å². The Hall–Kier alpha value is -2.40. The van der Waals surface area contributed by atoms with Crippen molar-refractivity contribution in [3.05, 3.63) is 58.2 Å². The Morgan fingerprint density at radius 3 is 1.49 bits per heavy atom. The molecule has 0 unspecified atom stereocenters. The molecular formula is C30H48O5. The minimum atomic E-state index is -1.10. The van der Waals surface area contributed by atoms with Crippen LogP contribution >= 0.6 is 0 Å². The molecule has 0 amide bonds. The van der Waals surface area contributed by atoms with Gasteiger partial charge in [0.05, 0.1) is 6.61 Å². The number of carboxylic acid groups (broad SMARTS) is 1. The number of carboxylic acids is 1. The number of allylic oxidation sites excluding steroid dienone is 9. The average molecular weight is 489 g/mol. The summed E-state index contributed by atoms with van der Waals surface area (Å²) in [4.78, 5) is 21.8. The van der Waals surface area contributed by atoms with E-state index in [9.17, 15) is 9.59 Å². The van der Waals surface area contributed by atoms with Gasteiger partial charge in [0.2, 0.25) is 0 Å². The van der Waals surface area contributed by atoms with Gasteiger partial charge < -0.3 is 14.6 Å². The zero-order valence-electron chi connectivity index (χ0n) is 23.0. The molecule has 5 nitrogen and oxygen atoms in total. The maximum absolute atomic E-state index is 11.4. The number of esters is 1. The summed E-state index contributed by atoms with van der Waals surface area (Å²) in [6.07, 6.45) is 21.0. The van der Waals surface area contributed by atoms with Crippen LogP contribution in [0.5, 0.6) is 0 Å². The molecular weight excluding hydrogens is 440 g/mol. The van der Waals surface area contributed by atoms with E-state index in [0.717, 1.165) is 51.4 Å². The van der Waals surface area contributed by atoms with E-state index in [1.807, 2.05) is 6.92 Å². The van der Waals surface area contributed by atoms with Crippen LogP contribution in [-0.4, -0.2) is 36.9 Å². The Labute approximate surface area is 213 Å². The summed E-state index contributed by atoms with van der Waals surface area (Å²) in [5.74, 6) is -1.64. The maximum atomic E-state index is 11.4. The summed E-state index contributed by atoms with van der Waals surface area (Å²) >= 11 is 0. The molecule has 0 saturated heterocycles. The van der Waals surface area contributed by atoms with Crippen molar-refractivity contribution in [3.8, 4) is 0 Å². The van der Waals surface area contributed by atoms with Gasteiger partial charge in [-0.1, -0.05) is 58.2 Å². The summed E-state index contributed by atoms with van der Waals surface area (Å²) in [5, 5.41) is 8.46. The van der Waals surface area contributed by atoms with Crippen LogP contribution in [0.2, 0.25) is 0 Å². The molecule has 0 aromatic rings. The molecule has 0 fully saturated rings. The summed E-state index contributed by atoms with van der Waals surface area (Å²) in [6, 6.07) is 0. The zero-order valence-corrected chi connectivity index (χ0v) is 23.0. The summed E-state index contributed by atoms with van der Waals surface area (Å²) in [6.45, 7) is 12.4. The minimum Gasteiger partial charge on any atom is -0.480 e. The Morgan fingerprint density at radius 2 is 1.03 bits per heavy atom. The smallest absolute Gasteiger partial charge is 0.332 e. The number of carbonyl (C=O) groups excluding carboxylic acids is 1. The fourth-order valence-corrected chi connectivity index (χ4v) is 3.34. The number of rotatable bonds is 19. The zero-order chi connectivity index (χ0) is 26.5. The lowest BCUT2D eigenvalue weighted by molar-refractivity contribution is -0.152. The molecule has 0 aliphatic heterocycles. The van der Waals surface area contributed by atoms with Crippen molar-refractivity contribution in [3.63, 3.8) is 0 Å². The molecule has 0 spiro atoms. The van der Waals surface area contributed by atoms with Crippen molar-refractivity contribution in [1.29, 1.82) is 0 Å². The highest BCUT2D eigenvalue weighted by Crippen LogP contribution is 2.14. The molecule has 0 aromatic heterocycles. The van der Waals surface area contributed by atoms with Gasteiger partial charge in [-0.2, -0.15) is 0 Å². The number of carbonyl (C=O) groups is 2. The standard InChI is InChI=1S/C30H48O5/c1-24(2)12-9-15-27(5)18-10-16-25(3)13-7-8-14-26(4)17-11-19-28(6)20-21-35-30(33)23-34-22-29(31)32/h12-14,18-19H,7-11,15-17,20-23H2,1-6H3,(H,31,32)/b25-13+,26-14+,27-18+,28-19+. The van der Waals surface area contributed by atoms with E-state index in [1.165, 1.54) is 27.9 Å². The molecule has 0 atom stereocenters. The lowest BCUT2D eigenvalue weighted by atomic mass is 10.0. The van der Waals surface area contributed by atoms with E-state index in [2.05, 4.69) is 65.0 Å². The summed E-state index contributed by atoms with van der Waals surface area (Å²) < 4.78 is 9.75. The fourth-order valence-electron chi connectivity index (χ4n) is 3.34. The van der Waals surface area contributed by atoms with E-state index in [0.29, 0.717) is 6.42 Å². The Balaban J connectivity index is 4.02. The molecule has 5 heteroatoms. The van der Waals surface area contributed by atoms with E-state index in [1.54, 1.807) is 0 Å². The van der Waals surface area contributed by atoms with E-state index in [-0.39, 0.29) is 13.2 Å². The van der Waals surface area contributed by atoms with Crippen LogP contribution in [0.25, 0.3) is 0 Å². The molecule has 0 rings (SSSR count). The molecule has 0 heterocycles. The van der Waals surface area contributed by atoms with Crippen molar-refractivity contribution in [2.45, 2.75) is 99.3 Å². The van der Waals surface area contributed by atoms with Crippen molar-refractivity contribution in [2.24, 2.45) is 0 Å². The van der Waals surface area contributed by atoms with Crippen LogP contribution in [0.3, 0.4) is 0 Å². The third kappa shape index (κ3) is 23.1. The Bertz CT molecular complexity index is 777. The van der Waals surface area contributed by atoms with Gasteiger partial charge in [0.25, 0.3) is 0 Å². The first-order valence-corrected chi connectivity index (χ1v) is 12.8. The predicted molar refractivity (Wildman–Crippen MR) is 145 cm³/mol. The first-order valence-electron chi connectivity index (χ1n) is 12.8. The first-order chi connectivity index (χ1) is 16.6. The highest BCUT2D eigenvalue weighted by molar-refractivity contribution is 5.72. The fraction of sp³-hybridized carbons (Fsp3) is 0.600. The van der Waals surface area contributed by atoms with Gasteiger partial charge in [-0.15, -0.1) is 0 Å². The molecule has 198 valence electrons. The molecule has 0 saturated carbocycles. The molecule has 0 aromatic carbocycles. The molecule has 0 bridgehead atoms. The molecule has 0 aliphatic carbocycles. The highest BCUT2D eigenvalue weighted by atomic mass is 16.6. The number of aliphatic carboxylic acids is 1. The molecule has 1 N–H and O–H groups in total. The number of hydrogen-bond acceptors (Lipinski definition) is 4. The molecule has 0 aliphatic rings. The third-order valence-electron chi connectivity index (χ3n) is 5.51. The topological polar surface area (TPSA) is 72.8 Å². The minimum absolute atomic E-state index is 0.281. The second kappa shape index (κ2) is 20.9. The van der Waals surface area contributed by atoms with E-state index >= 15 is 0 Å². The van der Waals surface area contributed by atoms with Crippen LogP contribution < -0.4 is 0 Å². The molecule has 0 radical (unpaired) electrons. The van der Waals surface area contributed by atoms with Gasteiger partial charge in [0.15, 0.2) is 0 Å². The quantitative estimate of drug-likeness (QED) is 0.114. The second-order valence-corrected chi connectivity index (χ2v) is 9.53.